The number of hydrogen-bond acceptors (Lipinski definition) is 16. The summed E-state index contributed by atoms with van der Waals surface area (Å²) < 4.78 is 99.2. The molecule has 0 amide bonds. The molecule has 0 radical (unpaired) electrons. The molecule has 0 heterocycles. The number of carboxylic acids is 1. The third-order valence-electron chi connectivity index (χ3n) is 14.0. The van der Waals surface area contributed by atoms with Crippen LogP contribution in [0.1, 0.15) is 77.6 Å². The molecule has 0 aliphatic carbocycles. The van der Waals surface area contributed by atoms with Crippen LogP contribution in [-0.4, -0.2) is 185 Å². The highest BCUT2D eigenvalue weighted by Gasteiger charge is 2.54. The van der Waals surface area contributed by atoms with E-state index in [2.05, 4.69) is 157 Å². The quantitative estimate of drug-likeness (QED) is 0.0146. The van der Waals surface area contributed by atoms with Crippen molar-refractivity contribution >= 4 is 132 Å². The van der Waals surface area contributed by atoms with Crippen LogP contribution in [0.2, 0.25) is 181 Å². The van der Waals surface area contributed by atoms with Gasteiger partial charge in [-0.2, -0.15) is 13.2 Å². The summed E-state index contributed by atoms with van der Waals surface area (Å²) in [7, 11) is -30.4. The number of carbonyl (C=O) groups excluding carboxylic acids is 3. The van der Waals surface area contributed by atoms with E-state index < -0.39 is 176 Å². The predicted molar refractivity (Wildman–Crippen MR) is 402 cm³/mol. The molecule has 33 heteroatoms. The van der Waals surface area contributed by atoms with Crippen molar-refractivity contribution < 1.29 is 91.1 Å². The van der Waals surface area contributed by atoms with Crippen LogP contribution in [-0.2, 0) is 57.5 Å². The van der Waals surface area contributed by atoms with Crippen molar-refractivity contribution in [2.24, 2.45) is 0 Å². The number of rotatable bonds is 45. The third-order valence-corrected chi connectivity index (χ3v) is 70.9. The van der Waals surface area contributed by atoms with Gasteiger partial charge in [0.15, 0.2) is 59.2 Å². The van der Waals surface area contributed by atoms with Crippen molar-refractivity contribution in [3.8, 4) is 0 Å². The van der Waals surface area contributed by atoms with Crippen LogP contribution in [0, 0.1) is 0 Å². The van der Waals surface area contributed by atoms with E-state index in [9.17, 15) is 47.7 Å². The summed E-state index contributed by atoms with van der Waals surface area (Å²) in [6, 6.07) is 2.78. The summed E-state index contributed by atoms with van der Waals surface area (Å²) in [5.74, 6) is -3.92. The highest BCUT2D eigenvalue weighted by molar-refractivity contribution is 7.41. The van der Waals surface area contributed by atoms with Crippen molar-refractivity contribution in [3.05, 3.63) is 59.1 Å². The molecule has 0 fully saturated rings. The minimum absolute atomic E-state index is 0.0417. The van der Waals surface area contributed by atoms with E-state index in [4.69, 9.17) is 43.4 Å². The Morgan fingerprint density at radius 3 is 1.49 bits per heavy atom. The number of alkyl halides is 3. The average Bonchev–Trinajstić information content (AvgIpc) is 0.780. The number of aliphatic hydroxyl groups excluding tert-OH is 3. The molecule has 538 valence electrons. The molecule has 0 aromatic rings. The number of aliphatic hydroxyl groups is 3. The predicted octanol–water partition coefficient (Wildman–Crippen LogP) is 14.5. The molecule has 4 atom stereocenters. The van der Waals surface area contributed by atoms with Gasteiger partial charge in [-0.05, 0) is 200 Å². The lowest BCUT2D eigenvalue weighted by Gasteiger charge is -2.45. The lowest BCUT2D eigenvalue weighted by molar-refractivity contribution is -0.154. The molecule has 0 saturated carbocycles. The maximum Gasteiger partial charge on any atom is 0.389 e. The highest BCUT2D eigenvalue weighted by atomic mass is 29.3. The smallest absolute Gasteiger partial charge is 0.389 e. The number of halogens is 3. The molecule has 4 unspecified atom stereocenters. The largest absolute Gasteiger partial charge is 0.478 e. The van der Waals surface area contributed by atoms with Crippen molar-refractivity contribution in [2.45, 2.75) is 277 Å². The first-order chi connectivity index (χ1) is 41.2. The lowest BCUT2D eigenvalue weighted by Crippen LogP contribution is -2.67. The second-order valence-electron chi connectivity index (χ2n) is 32.0. The Bertz CT molecular complexity index is 2370. The first-order valence-corrected chi connectivity index (χ1v) is 71.7. The molecular formula is C59H127F3O17Si13. The van der Waals surface area contributed by atoms with E-state index >= 15 is 0 Å². The van der Waals surface area contributed by atoms with Crippen molar-refractivity contribution in [1.82, 2.24) is 0 Å². The summed E-state index contributed by atoms with van der Waals surface area (Å²) in [5, 5.41) is 38.4. The molecule has 0 aromatic heterocycles. The zero-order valence-corrected chi connectivity index (χ0v) is 75.1. The Morgan fingerprint density at radius 2 is 1.08 bits per heavy atom. The van der Waals surface area contributed by atoms with E-state index in [1.807, 2.05) is 25.3 Å². The highest BCUT2D eigenvalue weighted by Crippen LogP contribution is 2.34. The molecule has 0 spiro atoms. The Labute approximate surface area is 569 Å². The minimum atomic E-state index is -4.57. The Morgan fingerprint density at radius 1 is 0.598 bits per heavy atom. The fourth-order valence-electron chi connectivity index (χ4n) is 9.29. The molecule has 0 bridgehead atoms. The molecular weight excluding hydrogens is 1400 g/mol. The third kappa shape index (κ3) is 43.4. The number of carboxylic acid groups (broad SMARTS) is 1. The first-order valence-electron chi connectivity index (χ1n) is 32.6. The molecule has 0 aliphatic heterocycles. The fraction of sp³-hybridized carbons (Fsp3) is 0.763. The second-order valence-corrected chi connectivity index (χ2v) is 94.2. The van der Waals surface area contributed by atoms with Gasteiger partial charge in [0.2, 0.25) is 8.56 Å². The van der Waals surface area contributed by atoms with Crippen LogP contribution >= 0.6 is 0 Å². The van der Waals surface area contributed by atoms with Crippen LogP contribution in [0.25, 0.3) is 0 Å². The molecule has 0 saturated heterocycles. The maximum atomic E-state index is 14.6. The maximum absolute atomic E-state index is 14.6. The van der Waals surface area contributed by atoms with E-state index in [0.29, 0.717) is 50.6 Å². The van der Waals surface area contributed by atoms with Crippen LogP contribution in [0.4, 0.5) is 13.2 Å². The van der Waals surface area contributed by atoms with E-state index in [1.54, 1.807) is 18.3 Å². The number of ether oxygens (including phenoxy) is 2. The Balaban J connectivity index is 0. The number of esters is 3. The Kier molecular flexibility index (Phi) is 40.1. The summed E-state index contributed by atoms with van der Waals surface area (Å²) in [6.45, 7) is 64.1. The SMILES string of the molecule is C=C[Si](CCCCC(=C[Si](O[SiH2]C=C(CCCC[Si](C)(C)C)C(=O)O)(O[Si](C)(C)C)[SiH](CCCOC(=O)C(=C)C)O[Si](C)(C)[Si](C)(C)C)C(=O)OC(=O)C(=C)CCC(F)(F)F)(O[Si](C)(C)C)O[Si](C)(C)C.C[Si](C)(C)O[Si](C)(CCCC(O)C(O)CO)O[Si](C)(C)C. The summed E-state index contributed by atoms with van der Waals surface area (Å²) in [4.78, 5) is 53.3. The van der Waals surface area contributed by atoms with Gasteiger partial charge in [0, 0.05) is 36.8 Å². The van der Waals surface area contributed by atoms with Gasteiger partial charge in [-0.1, -0.05) is 82.7 Å². The minimum Gasteiger partial charge on any atom is -0.478 e. The van der Waals surface area contributed by atoms with E-state index in [0.717, 1.165) is 24.9 Å². The molecule has 17 nitrogen and oxygen atoms in total. The molecule has 0 rings (SSSR count). The number of unbranched alkanes of at least 4 members (excludes halogenated alkanes) is 2. The zero-order chi connectivity index (χ0) is 72.6. The van der Waals surface area contributed by atoms with Crippen molar-refractivity contribution in [1.29, 1.82) is 0 Å². The number of aliphatic carboxylic acids is 1. The van der Waals surface area contributed by atoms with Gasteiger partial charge in [-0.15, -0.1) is 6.58 Å². The zero-order valence-electron chi connectivity index (χ0n) is 61.5. The van der Waals surface area contributed by atoms with E-state index in [-0.39, 0.29) is 29.7 Å². The monoisotopic (exact) mass is 1530 g/mol. The van der Waals surface area contributed by atoms with Gasteiger partial charge in [0.05, 0.1) is 26.9 Å². The molecule has 0 aromatic carbocycles. The second kappa shape index (κ2) is 39.7. The van der Waals surface area contributed by atoms with Gasteiger partial charge >= 0.3 is 55.3 Å². The van der Waals surface area contributed by atoms with Crippen LogP contribution in [0.5, 0.6) is 0 Å². The van der Waals surface area contributed by atoms with Gasteiger partial charge < -0.3 is 58.7 Å². The van der Waals surface area contributed by atoms with Gasteiger partial charge in [0.1, 0.15) is 6.10 Å². The molecule has 92 heavy (non-hydrogen) atoms. The topological polar surface area (TPSA) is 232 Å². The standard InChI is InChI=1S/C46H93F3O12Si10.C13H34O5Si3/c1-22-70(59-65(8,9)10,60-66(11,12)13)35-26-24-29-41(45(54)56-44(53)39(4)30-31-46(47,48)49)37-71(61-67(14,15)16,57-62-36-40(42(50)51)28-23-25-34-64(5,6)7)63(58-69(20,21)68(17,18)19)33-27-32-55-43(52)38(2)3;1-19(2,3)17-21(7,18-20(4,5)6)10-8-9-12(15)13(16)11-14/h22,36-37,63H,1-2,4,23-35,62H2,3,5-21H3,(H,50,51);12-16H,8-11H2,1-7H3. The van der Waals surface area contributed by atoms with Crippen molar-refractivity contribution in [2.75, 3.05) is 13.2 Å². The summed E-state index contributed by atoms with van der Waals surface area (Å²) in [6.07, 6.45) is -4.14. The summed E-state index contributed by atoms with van der Waals surface area (Å²) in [5.41, 5.74) is 5.26. The van der Waals surface area contributed by atoms with E-state index in [1.165, 1.54) is 0 Å². The van der Waals surface area contributed by atoms with Crippen molar-refractivity contribution in [3.63, 3.8) is 0 Å². The van der Waals surface area contributed by atoms with Crippen LogP contribution < -0.4 is 0 Å². The van der Waals surface area contributed by atoms with Crippen LogP contribution in [0.15, 0.2) is 59.1 Å². The normalized spacial score (nSPS) is 15.7. The number of carbonyl (C=O) groups is 4. The van der Waals surface area contributed by atoms with Crippen LogP contribution in [0.3, 0.4) is 0 Å². The van der Waals surface area contributed by atoms with Gasteiger partial charge in [-0.25, -0.2) is 19.2 Å². The lowest BCUT2D eigenvalue weighted by atomic mass is 10.1. The first kappa shape index (κ1) is 93.0. The van der Waals surface area contributed by atoms with Gasteiger partial charge in [-0.3, -0.25) is 0 Å². The Hall–Kier alpha value is -1.01. The fourth-order valence-corrected chi connectivity index (χ4v) is 69.6. The van der Waals surface area contributed by atoms with Gasteiger partial charge in [0.25, 0.3) is 0 Å². The summed E-state index contributed by atoms with van der Waals surface area (Å²) >= 11 is 0. The molecule has 4 N–H and O–H groups in total. The molecule has 0 aliphatic rings. The number of hydrogen-bond donors (Lipinski definition) is 4. The average molecular weight is 1530 g/mol.